The summed E-state index contributed by atoms with van der Waals surface area (Å²) in [6, 6.07) is 0. The number of carbonyl (C=O) groups is 1. The van der Waals surface area contributed by atoms with E-state index in [4.69, 9.17) is 0 Å². The molecular weight excluding hydrogens is 300 g/mol. The van der Waals surface area contributed by atoms with Crippen molar-refractivity contribution in [2.45, 2.75) is 89.8 Å². The van der Waals surface area contributed by atoms with E-state index in [1.165, 1.54) is 5.57 Å². The Labute approximate surface area is 145 Å². The molecule has 134 valence electrons. The van der Waals surface area contributed by atoms with Gasteiger partial charge in [-0.05, 0) is 56.8 Å². The van der Waals surface area contributed by atoms with Crippen LogP contribution in [-0.2, 0) is 4.79 Å². The number of aliphatic hydroxyl groups is 2. The molecule has 3 nitrogen and oxygen atoms in total. The van der Waals surface area contributed by atoms with Gasteiger partial charge < -0.3 is 10.2 Å². The molecule has 24 heavy (non-hydrogen) atoms. The SMILES string of the molecule is CC[C@]1(O)CC[C@H]2[C@@H]3CC[C@@]4(O)CC(=O)CC[C@]4(C)C3=CC[C@@]21C. The third-order valence-electron chi connectivity index (χ3n) is 8.89. The Morgan fingerprint density at radius 3 is 2.62 bits per heavy atom. The summed E-state index contributed by atoms with van der Waals surface area (Å²) < 4.78 is 0. The van der Waals surface area contributed by atoms with E-state index in [1.54, 1.807) is 0 Å². The molecular formula is C21H32O3. The summed E-state index contributed by atoms with van der Waals surface area (Å²) in [5, 5.41) is 22.5. The van der Waals surface area contributed by atoms with Gasteiger partial charge in [0, 0.05) is 23.7 Å². The summed E-state index contributed by atoms with van der Waals surface area (Å²) in [5.41, 5.74) is -0.272. The second-order valence-electron chi connectivity index (χ2n) is 9.54. The summed E-state index contributed by atoms with van der Waals surface area (Å²) >= 11 is 0. The minimum atomic E-state index is -0.849. The predicted octanol–water partition coefficient (Wildman–Crippen LogP) is 3.77. The fourth-order valence-electron chi connectivity index (χ4n) is 7.00. The summed E-state index contributed by atoms with van der Waals surface area (Å²) in [4.78, 5) is 12.0. The molecule has 0 aromatic heterocycles. The molecule has 0 aliphatic heterocycles. The maximum Gasteiger partial charge on any atom is 0.135 e. The fraction of sp³-hybridized carbons (Fsp3) is 0.857. The summed E-state index contributed by atoms with van der Waals surface area (Å²) in [7, 11) is 0. The molecule has 4 rings (SSSR count). The van der Waals surface area contributed by atoms with Crippen LogP contribution in [0, 0.1) is 22.7 Å². The fourth-order valence-corrected chi connectivity index (χ4v) is 7.00. The van der Waals surface area contributed by atoms with Gasteiger partial charge in [-0.15, -0.1) is 0 Å². The highest BCUT2D eigenvalue weighted by molar-refractivity contribution is 5.81. The molecule has 0 spiro atoms. The van der Waals surface area contributed by atoms with Gasteiger partial charge >= 0.3 is 0 Å². The van der Waals surface area contributed by atoms with Crippen LogP contribution in [-0.4, -0.2) is 27.2 Å². The zero-order valence-electron chi connectivity index (χ0n) is 15.4. The molecule has 0 bridgehead atoms. The molecule has 2 N–H and O–H groups in total. The maximum atomic E-state index is 12.0. The van der Waals surface area contributed by atoms with Gasteiger partial charge in [-0.25, -0.2) is 0 Å². The number of fused-ring (bicyclic) bond motifs is 5. The summed E-state index contributed by atoms with van der Waals surface area (Å²) in [5.74, 6) is 1.21. The van der Waals surface area contributed by atoms with E-state index in [9.17, 15) is 15.0 Å². The van der Waals surface area contributed by atoms with Crippen LogP contribution in [0.15, 0.2) is 11.6 Å². The second kappa shape index (κ2) is 4.94. The third kappa shape index (κ3) is 1.83. The van der Waals surface area contributed by atoms with E-state index in [0.29, 0.717) is 24.7 Å². The first-order valence-corrected chi connectivity index (χ1v) is 9.86. The normalized spacial score (nSPS) is 53.9. The Bertz CT molecular complexity index is 610. The highest BCUT2D eigenvalue weighted by Gasteiger charge is 2.64. The van der Waals surface area contributed by atoms with Crippen LogP contribution in [0.5, 0.6) is 0 Å². The lowest BCUT2D eigenvalue weighted by Gasteiger charge is -2.60. The zero-order chi connectivity index (χ0) is 17.4. The molecule has 0 radical (unpaired) electrons. The Balaban J connectivity index is 1.75. The molecule has 0 amide bonds. The number of rotatable bonds is 1. The van der Waals surface area contributed by atoms with Crippen molar-refractivity contribution in [2.75, 3.05) is 0 Å². The van der Waals surface area contributed by atoms with E-state index in [1.807, 2.05) is 0 Å². The second-order valence-corrected chi connectivity index (χ2v) is 9.54. The van der Waals surface area contributed by atoms with Crippen molar-refractivity contribution in [3.8, 4) is 0 Å². The largest absolute Gasteiger partial charge is 0.389 e. The zero-order valence-corrected chi connectivity index (χ0v) is 15.4. The Kier molecular flexibility index (Phi) is 3.46. The van der Waals surface area contributed by atoms with Crippen LogP contribution >= 0.6 is 0 Å². The van der Waals surface area contributed by atoms with Crippen molar-refractivity contribution in [3.63, 3.8) is 0 Å². The molecule has 3 heteroatoms. The Morgan fingerprint density at radius 2 is 1.92 bits per heavy atom. The predicted molar refractivity (Wildman–Crippen MR) is 93.4 cm³/mol. The summed E-state index contributed by atoms with van der Waals surface area (Å²) in [6.07, 6.45) is 9.49. The standard InChI is InChI=1S/C21H32O3/c1-4-20(23)12-8-17-15-6-11-21(24)13-14(22)5-9-19(21,3)16(15)7-10-18(17,20)2/h7,15,17,23-24H,4-6,8-13H2,1-3H3/t15-,17+,18+,19-,20+,21-/m1/s1. The third-order valence-corrected chi connectivity index (χ3v) is 8.89. The van der Waals surface area contributed by atoms with Crippen LogP contribution < -0.4 is 0 Å². The number of ketones is 1. The number of carbonyl (C=O) groups excluding carboxylic acids is 1. The van der Waals surface area contributed by atoms with Gasteiger partial charge in [0.2, 0.25) is 0 Å². The molecule has 0 unspecified atom stereocenters. The first kappa shape index (κ1) is 16.8. The van der Waals surface area contributed by atoms with Crippen LogP contribution in [0.3, 0.4) is 0 Å². The number of Topliss-reactive ketones (excluding diaryl/α,β-unsaturated/α-hetero) is 1. The molecule has 4 aliphatic carbocycles. The van der Waals surface area contributed by atoms with Crippen molar-refractivity contribution in [2.24, 2.45) is 22.7 Å². The van der Waals surface area contributed by atoms with Crippen LogP contribution in [0.4, 0.5) is 0 Å². The van der Waals surface area contributed by atoms with Crippen molar-refractivity contribution in [1.82, 2.24) is 0 Å². The minimum Gasteiger partial charge on any atom is -0.389 e. The number of hydrogen-bond donors (Lipinski definition) is 2. The number of allylic oxidation sites excluding steroid dienone is 1. The topological polar surface area (TPSA) is 57.5 Å². The van der Waals surface area contributed by atoms with Crippen molar-refractivity contribution >= 4 is 5.78 Å². The lowest BCUT2D eigenvalue weighted by atomic mass is 9.47. The van der Waals surface area contributed by atoms with Gasteiger partial charge in [0.25, 0.3) is 0 Å². The Morgan fingerprint density at radius 1 is 1.17 bits per heavy atom. The van der Waals surface area contributed by atoms with Crippen LogP contribution in [0.1, 0.15) is 78.6 Å². The minimum absolute atomic E-state index is 0.0355. The molecule has 3 fully saturated rings. The van der Waals surface area contributed by atoms with Crippen molar-refractivity contribution < 1.29 is 15.0 Å². The number of hydrogen-bond acceptors (Lipinski definition) is 3. The lowest BCUT2D eigenvalue weighted by Crippen LogP contribution is -2.59. The van der Waals surface area contributed by atoms with E-state index < -0.39 is 11.2 Å². The molecule has 3 saturated carbocycles. The van der Waals surface area contributed by atoms with Gasteiger partial charge in [-0.2, -0.15) is 0 Å². The molecule has 0 saturated heterocycles. The maximum absolute atomic E-state index is 12.0. The van der Waals surface area contributed by atoms with Gasteiger partial charge in [0.1, 0.15) is 5.78 Å². The highest BCUT2D eigenvalue weighted by Crippen LogP contribution is 2.67. The molecule has 0 aromatic rings. The van der Waals surface area contributed by atoms with Gasteiger partial charge in [-0.3, -0.25) is 4.79 Å². The van der Waals surface area contributed by atoms with E-state index in [0.717, 1.165) is 44.9 Å². The van der Waals surface area contributed by atoms with Crippen molar-refractivity contribution in [1.29, 1.82) is 0 Å². The van der Waals surface area contributed by atoms with E-state index in [2.05, 4.69) is 26.8 Å². The van der Waals surface area contributed by atoms with Crippen molar-refractivity contribution in [3.05, 3.63) is 11.6 Å². The Hall–Kier alpha value is -0.670. The summed E-state index contributed by atoms with van der Waals surface area (Å²) in [6.45, 7) is 6.59. The first-order chi connectivity index (χ1) is 11.2. The van der Waals surface area contributed by atoms with E-state index >= 15 is 0 Å². The molecule has 0 aromatic carbocycles. The molecule has 0 heterocycles. The van der Waals surface area contributed by atoms with Gasteiger partial charge in [-0.1, -0.05) is 32.4 Å². The smallest absolute Gasteiger partial charge is 0.135 e. The van der Waals surface area contributed by atoms with Gasteiger partial charge in [0.05, 0.1) is 11.2 Å². The van der Waals surface area contributed by atoms with Crippen LogP contribution in [0.25, 0.3) is 0 Å². The monoisotopic (exact) mass is 332 g/mol. The first-order valence-electron chi connectivity index (χ1n) is 9.86. The van der Waals surface area contributed by atoms with Gasteiger partial charge in [0.15, 0.2) is 0 Å². The molecule has 4 aliphatic rings. The lowest BCUT2D eigenvalue weighted by molar-refractivity contribution is -0.153. The quantitative estimate of drug-likeness (QED) is 0.719. The van der Waals surface area contributed by atoms with Crippen LogP contribution in [0.2, 0.25) is 0 Å². The average molecular weight is 332 g/mol. The highest BCUT2D eigenvalue weighted by atomic mass is 16.3. The molecule has 6 atom stereocenters. The average Bonchev–Trinajstić information content (AvgIpc) is 2.81. The van der Waals surface area contributed by atoms with E-state index in [-0.39, 0.29) is 16.6 Å².